The van der Waals surface area contributed by atoms with Gasteiger partial charge in [-0.15, -0.1) is 11.3 Å². The smallest absolute Gasteiger partial charge is 0.283 e. The first-order chi connectivity index (χ1) is 18.7. The Bertz CT molecular complexity index is 1520. The molecule has 1 amide bonds. The molecule has 1 aliphatic carbocycles. The monoisotopic (exact) mass is 560 g/mol. The van der Waals surface area contributed by atoms with Crippen molar-refractivity contribution in [1.29, 1.82) is 0 Å². The summed E-state index contributed by atoms with van der Waals surface area (Å²) in [6, 6.07) is 14.3. The third kappa shape index (κ3) is 6.10. The fourth-order valence-corrected chi connectivity index (χ4v) is 6.72. The van der Waals surface area contributed by atoms with E-state index in [1.165, 1.54) is 17.3 Å². The normalized spacial score (nSPS) is 15.3. The van der Waals surface area contributed by atoms with Gasteiger partial charge in [-0.1, -0.05) is 45.0 Å². The number of aliphatic imine (C=N–C) groups is 1. The van der Waals surface area contributed by atoms with Gasteiger partial charge in [0.15, 0.2) is 5.16 Å². The molecule has 1 aliphatic rings. The summed E-state index contributed by atoms with van der Waals surface area (Å²) in [6.07, 6.45) is 5.68. The van der Waals surface area contributed by atoms with Crippen molar-refractivity contribution in [1.82, 2.24) is 15.2 Å². The summed E-state index contributed by atoms with van der Waals surface area (Å²) >= 11 is 2.67. The predicted octanol–water partition coefficient (Wildman–Crippen LogP) is 7.08. The van der Waals surface area contributed by atoms with Crippen molar-refractivity contribution in [2.45, 2.75) is 50.1 Å². The molecule has 0 radical (unpaired) electrons. The highest BCUT2D eigenvalue weighted by Crippen LogP contribution is 2.45. The number of hydrogen-bond acceptors (Lipinski definition) is 8. The zero-order valence-electron chi connectivity index (χ0n) is 21.8. The maximum atomic E-state index is 13.5. The number of nitro benzene ring substituents is 1. The maximum absolute atomic E-state index is 13.5. The van der Waals surface area contributed by atoms with Gasteiger partial charge in [0, 0.05) is 22.8 Å². The number of aromatic amines is 1. The van der Waals surface area contributed by atoms with E-state index in [0.717, 1.165) is 42.3 Å². The Hall–Kier alpha value is -3.83. The van der Waals surface area contributed by atoms with Crippen LogP contribution in [-0.2, 0) is 12.8 Å². The minimum Gasteiger partial charge on any atom is -0.322 e. The van der Waals surface area contributed by atoms with Crippen LogP contribution in [-0.4, -0.2) is 32.2 Å². The predicted molar refractivity (Wildman–Crippen MR) is 155 cm³/mol. The molecule has 0 spiro atoms. The molecule has 4 aromatic rings. The number of carbonyl (C=O) groups excluding carboxylic acids is 1. The standard InChI is InChI=1S/C28H28N6O3S2/c1-28(2,3)18-10-11-20-23(14-18)38-26(24(20)25(35)32-19-7-5-4-6-8-19)29-15-17-9-12-22(21(13-17)34(36)37)39-27-30-16-31-33-27/h4-9,12-13,15-16,18H,10-11,14H2,1-3H3,(H,32,35)(H,30,31,33)/t18-/m1/s1. The average molecular weight is 561 g/mol. The summed E-state index contributed by atoms with van der Waals surface area (Å²) in [4.78, 5) is 35.3. The SMILES string of the molecule is CC(C)(C)[C@@H]1CCc2c(sc(N=Cc3ccc(Sc4ncn[nH]4)c([N+](=O)[O-])c3)c2C(=O)Nc2ccccc2)C1. The molecule has 0 aliphatic heterocycles. The number of rotatable bonds is 7. The Labute approximate surface area is 234 Å². The Morgan fingerprint density at radius 1 is 1.26 bits per heavy atom. The van der Waals surface area contributed by atoms with Crippen molar-refractivity contribution < 1.29 is 9.72 Å². The number of para-hydroxylation sites is 1. The molecule has 1 atom stereocenters. The van der Waals surface area contributed by atoms with Crippen LogP contribution in [0.15, 0.2) is 69.9 Å². The van der Waals surface area contributed by atoms with Crippen molar-refractivity contribution in [3.05, 3.63) is 86.5 Å². The Morgan fingerprint density at radius 3 is 2.74 bits per heavy atom. The number of nitrogens with zero attached hydrogens (tertiary/aromatic N) is 4. The van der Waals surface area contributed by atoms with Gasteiger partial charge in [-0.25, -0.2) is 9.98 Å². The molecule has 0 saturated heterocycles. The van der Waals surface area contributed by atoms with Crippen LogP contribution in [0.3, 0.4) is 0 Å². The van der Waals surface area contributed by atoms with Crippen molar-refractivity contribution in [2.75, 3.05) is 5.32 Å². The lowest BCUT2D eigenvalue weighted by molar-refractivity contribution is -0.387. The molecule has 0 fully saturated rings. The molecule has 2 aromatic heterocycles. The van der Waals surface area contributed by atoms with Gasteiger partial charge in [0.05, 0.1) is 15.4 Å². The van der Waals surface area contributed by atoms with E-state index in [4.69, 9.17) is 4.99 Å². The number of fused-ring (bicyclic) bond motifs is 1. The van der Waals surface area contributed by atoms with Crippen LogP contribution >= 0.6 is 23.1 Å². The number of benzene rings is 2. The maximum Gasteiger partial charge on any atom is 0.283 e. The van der Waals surface area contributed by atoms with Gasteiger partial charge in [0.1, 0.15) is 11.3 Å². The molecule has 11 heteroatoms. The molecular formula is C28H28N6O3S2. The third-order valence-electron chi connectivity index (χ3n) is 6.84. The largest absolute Gasteiger partial charge is 0.322 e. The van der Waals surface area contributed by atoms with Crippen LogP contribution in [0.4, 0.5) is 16.4 Å². The average Bonchev–Trinajstić information content (AvgIpc) is 3.55. The van der Waals surface area contributed by atoms with Crippen LogP contribution in [0.25, 0.3) is 0 Å². The summed E-state index contributed by atoms with van der Waals surface area (Å²) in [5, 5.41) is 22.4. The fourth-order valence-electron chi connectivity index (χ4n) is 4.68. The van der Waals surface area contributed by atoms with Crippen LogP contribution < -0.4 is 5.32 Å². The van der Waals surface area contributed by atoms with Crippen molar-refractivity contribution >= 4 is 51.6 Å². The molecule has 0 saturated carbocycles. The topological polar surface area (TPSA) is 126 Å². The van der Waals surface area contributed by atoms with Crippen molar-refractivity contribution in [3.8, 4) is 0 Å². The lowest BCUT2D eigenvalue weighted by Crippen LogP contribution is -2.27. The highest BCUT2D eigenvalue weighted by Gasteiger charge is 2.33. The van der Waals surface area contributed by atoms with Gasteiger partial charge in [-0.2, -0.15) is 5.10 Å². The molecule has 2 heterocycles. The summed E-state index contributed by atoms with van der Waals surface area (Å²) in [7, 11) is 0. The lowest BCUT2D eigenvalue weighted by Gasteiger charge is -2.33. The highest BCUT2D eigenvalue weighted by molar-refractivity contribution is 7.99. The van der Waals surface area contributed by atoms with E-state index < -0.39 is 4.92 Å². The van der Waals surface area contributed by atoms with Crippen LogP contribution in [0.1, 0.15) is 53.6 Å². The molecular weight excluding hydrogens is 532 g/mol. The van der Waals surface area contributed by atoms with Gasteiger partial charge < -0.3 is 5.32 Å². The van der Waals surface area contributed by atoms with E-state index in [2.05, 4.69) is 41.3 Å². The van der Waals surface area contributed by atoms with E-state index >= 15 is 0 Å². The number of anilines is 1. The van der Waals surface area contributed by atoms with E-state index in [-0.39, 0.29) is 17.0 Å². The molecule has 39 heavy (non-hydrogen) atoms. The highest BCUT2D eigenvalue weighted by atomic mass is 32.2. The molecule has 2 N–H and O–H groups in total. The number of thiophene rings is 1. The molecule has 9 nitrogen and oxygen atoms in total. The Kier molecular flexibility index (Phi) is 7.62. The second-order valence-corrected chi connectivity index (χ2v) is 12.6. The first-order valence-electron chi connectivity index (χ1n) is 12.6. The third-order valence-corrected chi connectivity index (χ3v) is 8.96. The minimum atomic E-state index is -0.425. The minimum absolute atomic E-state index is 0.0547. The summed E-state index contributed by atoms with van der Waals surface area (Å²) in [5.74, 6) is 0.326. The van der Waals surface area contributed by atoms with E-state index in [1.54, 1.807) is 29.7 Å². The zero-order chi connectivity index (χ0) is 27.6. The number of H-pyrrole nitrogens is 1. The number of amides is 1. The first-order valence-corrected chi connectivity index (χ1v) is 14.2. The molecule has 0 bridgehead atoms. The van der Waals surface area contributed by atoms with E-state index in [0.29, 0.717) is 32.1 Å². The van der Waals surface area contributed by atoms with E-state index in [1.807, 2.05) is 30.3 Å². The van der Waals surface area contributed by atoms with Gasteiger partial charge in [-0.3, -0.25) is 20.0 Å². The van der Waals surface area contributed by atoms with Crippen LogP contribution in [0.2, 0.25) is 0 Å². The molecule has 2 aromatic carbocycles. The zero-order valence-corrected chi connectivity index (χ0v) is 23.4. The Morgan fingerprint density at radius 2 is 2.05 bits per heavy atom. The lowest BCUT2D eigenvalue weighted by atomic mass is 9.72. The second-order valence-electron chi connectivity index (χ2n) is 10.4. The fraction of sp³-hybridized carbons (Fsp3) is 0.286. The van der Waals surface area contributed by atoms with Gasteiger partial charge >= 0.3 is 0 Å². The van der Waals surface area contributed by atoms with Crippen molar-refractivity contribution in [3.63, 3.8) is 0 Å². The number of hydrogen-bond donors (Lipinski definition) is 2. The van der Waals surface area contributed by atoms with Gasteiger partial charge in [0.25, 0.3) is 11.6 Å². The molecule has 0 unspecified atom stereocenters. The number of carbonyl (C=O) groups is 1. The number of aromatic nitrogens is 3. The number of nitrogens with one attached hydrogen (secondary N) is 2. The van der Waals surface area contributed by atoms with Crippen LogP contribution in [0, 0.1) is 21.4 Å². The summed E-state index contributed by atoms with van der Waals surface area (Å²) in [6.45, 7) is 6.78. The second kappa shape index (κ2) is 11.1. The molecule has 200 valence electrons. The number of nitro groups is 1. The van der Waals surface area contributed by atoms with Crippen LogP contribution in [0.5, 0.6) is 0 Å². The first kappa shape index (κ1) is 26.8. The summed E-state index contributed by atoms with van der Waals surface area (Å²) < 4.78 is 0. The molecule has 5 rings (SSSR count). The van der Waals surface area contributed by atoms with E-state index in [9.17, 15) is 14.9 Å². The van der Waals surface area contributed by atoms with Gasteiger partial charge in [-0.05, 0) is 71.7 Å². The van der Waals surface area contributed by atoms with Gasteiger partial charge in [0.2, 0.25) is 0 Å². The quantitative estimate of drug-likeness (QED) is 0.141. The summed E-state index contributed by atoms with van der Waals surface area (Å²) in [5.41, 5.74) is 3.05. The Balaban J connectivity index is 1.48. The van der Waals surface area contributed by atoms with Crippen molar-refractivity contribution in [2.24, 2.45) is 16.3 Å².